The Morgan fingerprint density at radius 1 is 1.04 bits per heavy atom. The van der Waals surface area contributed by atoms with E-state index >= 15 is 0 Å². The molecule has 1 saturated carbocycles. The first-order chi connectivity index (χ1) is 11.4. The summed E-state index contributed by atoms with van der Waals surface area (Å²) in [6, 6.07) is 17.4. The first-order valence-electron chi connectivity index (χ1n) is 8.29. The van der Waals surface area contributed by atoms with Crippen LogP contribution in [0.2, 0.25) is 0 Å². The molecule has 0 atom stereocenters. The molecule has 2 N–H and O–H groups in total. The highest BCUT2D eigenvalue weighted by Crippen LogP contribution is 2.25. The van der Waals surface area contributed by atoms with Gasteiger partial charge >= 0.3 is 0 Å². The van der Waals surface area contributed by atoms with Crippen molar-refractivity contribution in [2.45, 2.75) is 43.0 Å². The summed E-state index contributed by atoms with van der Waals surface area (Å²) in [6.45, 7) is 5.06. The van der Waals surface area contributed by atoms with Crippen LogP contribution >= 0.6 is 0 Å². The van der Waals surface area contributed by atoms with Gasteiger partial charge in [0.1, 0.15) is 0 Å². The summed E-state index contributed by atoms with van der Waals surface area (Å²) < 4.78 is 27.4. The summed E-state index contributed by atoms with van der Waals surface area (Å²) in [5.74, 6) is 0. The standard InChI is InChI=1S/C19H24N2O2S/c1-19(2,15-7-4-3-5-8-15)14-20-17-9-6-10-18(13-17)24(22,23)21-16-11-12-16/h3-10,13,16,20-21H,11-12,14H2,1-2H3. The zero-order valence-electron chi connectivity index (χ0n) is 14.1. The monoisotopic (exact) mass is 344 g/mol. The zero-order chi connectivity index (χ0) is 17.2. The van der Waals surface area contributed by atoms with Crippen LogP contribution < -0.4 is 10.0 Å². The van der Waals surface area contributed by atoms with Gasteiger partial charge in [0.15, 0.2) is 0 Å². The minimum absolute atomic E-state index is 0.0532. The molecule has 1 aliphatic carbocycles. The fourth-order valence-corrected chi connectivity index (χ4v) is 3.93. The molecule has 2 aromatic rings. The van der Waals surface area contributed by atoms with Gasteiger partial charge in [0, 0.05) is 23.7 Å². The van der Waals surface area contributed by atoms with E-state index in [2.05, 4.69) is 36.0 Å². The first kappa shape index (κ1) is 17.0. The Morgan fingerprint density at radius 2 is 1.75 bits per heavy atom. The van der Waals surface area contributed by atoms with Gasteiger partial charge < -0.3 is 5.32 Å². The van der Waals surface area contributed by atoms with E-state index < -0.39 is 10.0 Å². The van der Waals surface area contributed by atoms with Gasteiger partial charge in [-0.05, 0) is 36.6 Å². The van der Waals surface area contributed by atoms with Crippen LogP contribution in [0.15, 0.2) is 59.5 Å². The average Bonchev–Trinajstić information content (AvgIpc) is 3.37. The van der Waals surface area contributed by atoms with Crippen molar-refractivity contribution in [3.05, 3.63) is 60.2 Å². The van der Waals surface area contributed by atoms with Crippen LogP contribution in [0.25, 0.3) is 0 Å². The second-order valence-corrected chi connectivity index (χ2v) is 8.74. The highest BCUT2D eigenvalue weighted by molar-refractivity contribution is 7.89. The number of sulfonamides is 1. The van der Waals surface area contributed by atoms with E-state index in [1.165, 1.54) is 5.56 Å². The Bertz CT molecular complexity index is 797. The molecule has 1 fully saturated rings. The number of hydrogen-bond donors (Lipinski definition) is 2. The van der Waals surface area contributed by atoms with Crippen LogP contribution in [0, 0.1) is 0 Å². The van der Waals surface area contributed by atoms with E-state index in [0.717, 1.165) is 25.1 Å². The Balaban J connectivity index is 1.71. The molecule has 0 unspecified atom stereocenters. The summed E-state index contributed by atoms with van der Waals surface area (Å²) in [7, 11) is -3.42. The SMILES string of the molecule is CC(C)(CNc1cccc(S(=O)(=O)NC2CC2)c1)c1ccccc1. The molecule has 1 aliphatic rings. The van der Waals surface area contributed by atoms with Crippen molar-refractivity contribution in [3.63, 3.8) is 0 Å². The highest BCUT2D eigenvalue weighted by atomic mass is 32.2. The number of benzene rings is 2. The van der Waals surface area contributed by atoms with Crippen molar-refractivity contribution in [2.24, 2.45) is 0 Å². The van der Waals surface area contributed by atoms with Crippen molar-refractivity contribution in [1.29, 1.82) is 0 Å². The molecule has 0 bridgehead atoms. The molecule has 0 saturated heterocycles. The van der Waals surface area contributed by atoms with Gasteiger partial charge in [0.25, 0.3) is 0 Å². The number of anilines is 1. The Hall–Kier alpha value is -1.85. The van der Waals surface area contributed by atoms with Crippen LogP contribution in [-0.2, 0) is 15.4 Å². The second-order valence-electron chi connectivity index (χ2n) is 7.03. The van der Waals surface area contributed by atoms with Gasteiger partial charge in [0.2, 0.25) is 10.0 Å². The normalized spacial score (nSPS) is 15.2. The van der Waals surface area contributed by atoms with Crippen molar-refractivity contribution in [2.75, 3.05) is 11.9 Å². The van der Waals surface area contributed by atoms with Crippen molar-refractivity contribution < 1.29 is 8.42 Å². The minimum atomic E-state index is -3.42. The quantitative estimate of drug-likeness (QED) is 0.808. The summed E-state index contributed by atoms with van der Waals surface area (Å²) in [4.78, 5) is 0.317. The molecule has 0 heterocycles. The molecular formula is C19H24N2O2S. The van der Waals surface area contributed by atoms with Crippen LogP contribution in [-0.4, -0.2) is 21.0 Å². The molecule has 2 aromatic carbocycles. The zero-order valence-corrected chi connectivity index (χ0v) is 14.9. The van der Waals surface area contributed by atoms with Gasteiger partial charge in [-0.15, -0.1) is 0 Å². The van der Waals surface area contributed by atoms with Crippen molar-refractivity contribution in [1.82, 2.24) is 4.72 Å². The van der Waals surface area contributed by atoms with Crippen LogP contribution in [0.4, 0.5) is 5.69 Å². The van der Waals surface area contributed by atoms with Gasteiger partial charge in [0.05, 0.1) is 4.90 Å². The number of rotatable bonds is 7. The summed E-state index contributed by atoms with van der Waals surface area (Å²) >= 11 is 0. The molecule has 24 heavy (non-hydrogen) atoms. The summed E-state index contributed by atoms with van der Waals surface area (Å²) in [5.41, 5.74) is 2.01. The topological polar surface area (TPSA) is 58.2 Å². The number of hydrogen-bond acceptors (Lipinski definition) is 3. The van der Waals surface area contributed by atoms with Crippen molar-refractivity contribution in [3.8, 4) is 0 Å². The molecule has 5 heteroatoms. The van der Waals surface area contributed by atoms with E-state index in [9.17, 15) is 8.42 Å². The smallest absolute Gasteiger partial charge is 0.240 e. The van der Waals surface area contributed by atoms with Crippen LogP contribution in [0.5, 0.6) is 0 Å². The molecule has 4 nitrogen and oxygen atoms in total. The summed E-state index contributed by atoms with van der Waals surface area (Å²) in [6.07, 6.45) is 1.87. The molecule has 128 valence electrons. The van der Waals surface area contributed by atoms with Crippen molar-refractivity contribution >= 4 is 15.7 Å². The summed E-state index contributed by atoms with van der Waals surface area (Å²) in [5, 5.41) is 3.37. The Morgan fingerprint density at radius 3 is 2.42 bits per heavy atom. The lowest BCUT2D eigenvalue weighted by Gasteiger charge is -2.26. The number of nitrogens with one attached hydrogen (secondary N) is 2. The molecule has 0 radical (unpaired) electrons. The van der Waals surface area contributed by atoms with E-state index in [0.29, 0.717) is 4.90 Å². The predicted octanol–water partition coefficient (Wildman–Crippen LogP) is 3.52. The lowest BCUT2D eigenvalue weighted by atomic mass is 9.84. The van der Waals surface area contributed by atoms with Crippen LogP contribution in [0.1, 0.15) is 32.3 Å². The average molecular weight is 344 g/mol. The van der Waals surface area contributed by atoms with E-state index in [-0.39, 0.29) is 11.5 Å². The van der Waals surface area contributed by atoms with E-state index in [1.54, 1.807) is 18.2 Å². The third-order valence-electron chi connectivity index (χ3n) is 4.33. The predicted molar refractivity (Wildman–Crippen MR) is 97.7 cm³/mol. The van der Waals surface area contributed by atoms with E-state index in [4.69, 9.17) is 0 Å². The lowest BCUT2D eigenvalue weighted by Crippen LogP contribution is -2.28. The van der Waals surface area contributed by atoms with E-state index in [1.807, 2.05) is 24.3 Å². The third-order valence-corrected chi connectivity index (χ3v) is 5.85. The van der Waals surface area contributed by atoms with Gasteiger partial charge in [-0.1, -0.05) is 50.2 Å². The molecule has 0 aromatic heterocycles. The lowest BCUT2D eigenvalue weighted by molar-refractivity contribution is 0.557. The van der Waals surface area contributed by atoms with Gasteiger partial charge in [-0.3, -0.25) is 0 Å². The van der Waals surface area contributed by atoms with Gasteiger partial charge in [-0.2, -0.15) is 0 Å². The molecule has 3 rings (SSSR count). The maximum atomic E-state index is 12.3. The largest absolute Gasteiger partial charge is 0.384 e. The second kappa shape index (κ2) is 6.57. The molecular weight excluding hydrogens is 320 g/mol. The maximum Gasteiger partial charge on any atom is 0.240 e. The molecule has 0 spiro atoms. The molecule has 0 aliphatic heterocycles. The Labute approximate surface area is 144 Å². The van der Waals surface area contributed by atoms with Crippen LogP contribution in [0.3, 0.4) is 0 Å². The minimum Gasteiger partial charge on any atom is -0.384 e. The Kier molecular flexibility index (Phi) is 4.65. The van der Waals surface area contributed by atoms with Gasteiger partial charge in [-0.25, -0.2) is 13.1 Å². The fraction of sp³-hybridized carbons (Fsp3) is 0.368. The highest BCUT2D eigenvalue weighted by Gasteiger charge is 2.28. The third kappa shape index (κ3) is 4.16. The molecule has 0 amide bonds. The maximum absolute atomic E-state index is 12.3. The fourth-order valence-electron chi connectivity index (χ4n) is 2.58. The first-order valence-corrected chi connectivity index (χ1v) is 9.77.